The fraction of sp³-hybridized carbons (Fsp3) is 0.136. The molecule has 7 heteroatoms. The Labute approximate surface area is 176 Å². The molecule has 0 spiro atoms. The Hall–Kier alpha value is -2.67. The van der Waals surface area contributed by atoms with Crippen molar-refractivity contribution >= 4 is 27.5 Å². The highest BCUT2D eigenvalue weighted by Gasteiger charge is 2.18. The zero-order valence-electron chi connectivity index (χ0n) is 15.9. The summed E-state index contributed by atoms with van der Waals surface area (Å²) in [5.41, 5.74) is 2.04. The number of benzene rings is 3. The highest BCUT2D eigenvalue weighted by molar-refractivity contribution is 7.89. The minimum Gasteiger partial charge on any atom is -0.337 e. The normalized spacial score (nSPS) is 11.2. The van der Waals surface area contributed by atoms with Crippen molar-refractivity contribution in [1.82, 2.24) is 9.62 Å². The van der Waals surface area contributed by atoms with Gasteiger partial charge >= 0.3 is 0 Å². The molecule has 0 fully saturated rings. The van der Waals surface area contributed by atoms with Crippen LogP contribution >= 0.6 is 11.6 Å². The van der Waals surface area contributed by atoms with E-state index in [2.05, 4.69) is 4.72 Å². The smallest absolute Gasteiger partial charge is 0.253 e. The fourth-order valence-corrected chi connectivity index (χ4v) is 4.13. The molecule has 29 heavy (non-hydrogen) atoms. The van der Waals surface area contributed by atoms with Gasteiger partial charge in [0.15, 0.2) is 0 Å². The second kappa shape index (κ2) is 9.22. The molecule has 0 bridgehead atoms. The number of amides is 1. The number of halogens is 1. The highest BCUT2D eigenvalue weighted by Crippen LogP contribution is 2.16. The molecule has 1 amide bonds. The average molecular weight is 429 g/mol. The van der Waals surface area contributed by atoms with Gasteiger partial charge in [-0.15, -0.1) is 0 Å². The van der Waals surface area contributed by atoms with Gasteiger partial charge < -0.3 is 4.90 Å². The second-order valence-electron chi connectivity index (χ2n) is 6.63. The summed E-state index contributed by atoms with van der Waals surface area (Å²) in [5.74, 6) is -0.273. The van der Waals surface area contributed by atoms with E-state index in [1.807, 2.05) is 42.5 Å². The number of hydrogen-bond donors (Lipinski definition) is 1. The monoisotopic (exact) mass is 428 g/mol. The van der Waals surface area contributed by atoms with Crippen molar-refractivity contribution in [2.45, 2.75) is 18.0 Å². The fourth-order valence-electron chi connectivity index (χ4n) is 2.86. The number of sulfonamides is 1. The van der Waals surface area contributed by atoms with Crippen molar-refractivity contribution in [2.75, 3.05) is 7.05 Å². The van der Waals surface area contributed by atoms with Crippen LogP contribution < -0.4 is 4.72 Å². The van der Waals surface area contributed by atoms with Crippen LogP contribution in [0.5, 0.6) is 0 Å². The highest BCUT2D eigenvalue weighted by atomic mass is 35.5. The predicted molar refractivity (Wildman–Crippen MR) is 114 cm³/mol. The molecule has 0 saturated carbocycles. The SMILES string of the molecule is CN(Cc1cccc(Cl)c1)C(=O)c1cccc(S(=O)(=O)NCc2ccccc2)c1. The lowest BCUT2D eigenvalue weighted by molar-refractivity contribution is 0.0785. The molecule has 0 saturated heterocycles. The third kappa shape index (κ3) is 5.67. The molecule has 0 aliphatic carbocycles. The van der Waals surface area contributed by atoms with E-state index in [9.17, 15) is 13.2 Å². The van der Waals surface area contributed by atoms with E-state index < -0.39 is 10.0 Å². The van der Waals surface area contributed by atoms with Crippen LogP contribution in [-0.4, -0.2) is 26.3 Å². The van der Waals surface area contributed by atoms with E-state index in [0.29, 0.717) is 17.1 Å². The van der Waals surface area contributed by atoms with Gasteiger partial charge in [0.1, 0.15) is 0 Å². The molecular formula is C22H21ClN2O3S. The molecule has 3 aromatic rings. The third-order valence-corrected chi connectivity index (χ3v) is 5.99. The van der Waals surface area contributed by atoms with Gasteiger partial charge in [-0.2, -0.15) is 0 Å². The van der Waals surface area contributed by atoms with Crippen molar-refractivity contribution < 1.29 is 13.2 Å². The second-order valence-corrected chi connectivity index (χ2v) is 8.83. The Bertz CT molecular complexity index is 1100. The lowest BCUT2D eigenvalue weighted by atomic mass is 10.1. The van der Waals surface area contributed by atoms with Crippen molar-refractivity contribution in [3.05, 3.63) is 101 Å². The van der Waals surface area contributed by atoms with Crippen LogP contribution in [0.15, 0.2) is 83.8 Å². The van der Waals surface area contributed by atoms with E-state index in [1.54, 1.807) is 31.3 Å². The molecule has 0 unspecified atom stereocenters. The molecule has 0 aliphatic heterocycles. The van der Waals surface area contributed by atoms with E-state index in [-0.39, 0.29) is 17.3 Å². The summed E-state index contributed by atoms with van der Waals surface area (Å²) in [4.78, 5) is 14.3. The summed E-state index contributed by atoms with van der Waals surface area (Å²) in [6, 6.07) is 22.5. The van der Waals surface area contributed by atoms with Gasteiger partial charge in [0.25, 0.3) is 5.91 Å². The maximum absolute atomic E-state index is 12.8. The summed E-state index contributed by atoms with van der Waals surface area (Å²) >= 11 is 5.99. The minimum atomic E-state index is -3.74. The zero-order valence-corrected chi connectivity index (χ0v) is 17.5. The summed E-state index contributed by atoms with van der Waals surface area (Å²) in [7, 11) is -2.08. The van der Waals surface area contributed by atoms with E-state index in [0.717, 1.165) is 11.1 Å². The lowest BCUT2D eigenvalue weighted by Gasteiger charge is -2.18. The number of nitrogens with one attached hydrogen (secondary N) is 1. The van der Waals surface area contributed by atoms with Crippen LogP contribution in [0.25, 0.3) is 0 Å². The van der Waals surface area contributed by atoms with Crippen LogP contribution in [0.2, 0.25) is 5.02 Å². The minimum absolute atomic E-state index is 0.0513. The lowest BCUT2D eigenvalue weighted by Crippen LogP contribution is -2.27. The largest absolute Gasteiger partial charge is 0.337 e. The summed E-state index contributed by atoms with van der Waals surface area (Å²) in [5, 5.41) is 0.598. The number of hydrogen-bond acceptors (Lipinski definition) is 3. The summed E-state index contributed by atoms with van der Waals surface area (Å²) < 4.78 is 27.8. The molecule has 1 N–H and O–H groups in total. The Balaban J connectivity index is 1.73. The van der Waals surface area contributed by atoms with Crippen LogP contribution in [0.1, 0.15) is 21.5 Å². The topological polar surface area (TPSA) is 66.5 Å². The van der Waals surface area contributed by atoms with Crippen molar-refractivity contribution in [1.29, 1.82) is 0 Å². The molecule has 5 nitrogen and oxygen atoms in total. The molecule has 0 aromatic heterocycles. The van der Waals surface area contributed by atoms with Crippen LogP contribution in [-0.2, 0) is 23.1 Å². The number of carbonyl (C=O) groups excluding carboxylic acids is 1. The molecule has 3 aromatic carbocycles. The van der Waals surface area contributed by atoms with Gasteiger partial charge in [0.05, 0.1) is 4.90 Å². The number of carbonyl (C=O) groups is 1. The summed E-state index contributed by atoms with van der Waals surface area (Å²) in [6.45, 7) is 0.540. The quantitative estimate of drug-likeness (QED) is 0.616. The van der Waals surface area contributed by atoms with Crippen LogP contribution in [0, 0.1) is 0 Å². The number of rotatable bonds is 7. The molecule has 0 aliphatic rings. The maximum atomic E-state index is 12.8. The van der Waals surface area contributed by atoms with Gasteiger partial charge in [-0.1, -0.05) is 60.1 Å². The first-order chi connectivity index (χ1) is 13.8. The Morgan fingerprint density at radius 3 is 2.34 bits per heavy atom. The zero-order chi connectivity index (χ0) is 20.9. The standard InChI is InChI=1S/C22H21ClN2O3S/c1-25(16-18-9-5-11-20(23)13-18)22(26)19-10-6-12-21(14-19)29(27,28)24-15-17-7-3-2-4-8-17/h2-14,24H,15-16H2,1H3. The van der Waals surface area contributed by atoms with Crippen molar-refractivity contribution in [3.63, 3.8) is 0 Å². The molecule has 0 atom stereocenters. The number of nitrogens with zero attached hydrogens (tertiary/aromatic N) is 1. The van der Waals surface area contributed by atoms with Gasteiger partial charge in [-0.3, -0.25) is 4.79 Å². The van der Waals surface area contributed by atoms with Crippen molar-refractivity contribution in [3.8, 4) is 0 Å². The Morgan fingerprint density at radius 1 is 0.931 bits per heavy atom. The van der Waals surface area contributed by atoms with E-state index in [1.165, 1.54) is 17.0 Å². The van der Waals surface area contributed by atoms with Gasteiger partial charge in [-0.25, -0.2) is 13.1 Å². The maximum Gasteiger partial charge on any atom is 0.253 e. The molecular weight excluding hydrogens is 408 g/mol. The molecule has 0 radical (unpaired) electrons. The third-order valence-electron chi connectivity index (χ3n) is 4.36. The molecule has 0 heterocycles. The molecule has 3 rings (SSSR count). The first-order valence-electron chi connectivity index (χ1n) is 8.99. The first-order valence-corrected chi connectivity index (χ1v) is 10.8. The van der Waals surface area contributed by atoms with Gasteiger partial charge in [0, 0.05) is 30.7 Å². The van der Waals surface area contributed by atoms with Crippen LogP contribution in [0.3, 0.4) is 0 Å². The Kier molecular flexibility index (Phi) is 6.69. The van der Waals surface area contributed by atoms with Crippen molar-refractivity contribution in [2.24, 2.45) is 0 Å². The predicted octanol–water partition coefficient (Wildman–Crippen LogP) is 4.09. The van der Waals surface area contributed by atoms with Crippen LogP contribution in [0.4, 0.5) is 0 Å². The molecule has 150 valence electrons. The first kappa shape index (κ1) is 21.0. The van der Waals surface area contributed by atoms with Gasteiger partial charge in [-0.05, 0) is 41.5 Å². The average Bonchev–Trinajstić information content (AvgIpc) is 2.72. The van der Waals surface area contributed by atoms with Gasteiger partial charge in [0.2, 0.25) is 10.0 Å². The van der Waals surface area contributed by atoms with E-state index >= 15 is 0 Å². The van der Waals surface area contributed by atoms with E-state index in [4.69, 9.17) is 11.6 Å². The summed E-state index contributed by atoms with van der Waals surface area (Å²) in [6.07, 6.45) is 0. The Morgan fingerprint density at radius 2 is 1.62 bits per heavy atom.